The number of methoxy groups -OCH3 is 2. The van der Waals surface area contributed by atoms with Crippen LogP contribution >= 0.6 is 0 Å². The zero-order chi connectivity index (χ0) is 21.4. The molecule has 0 saturated heterocycles. The third-order valence-corrected chi connectivity index (χ3v) is 5.06. The van der Waals surface area contributed by atoms with Gasteiger partial charge < -0.3 is 23.6 Å². The first-order valence-electron chi connectivity index (χ1n) is 9.66. The van der Waals surface area contributed by atoms with Crippen molar-refractivity contribution in [1.29, 1.82) is 0 Å². The minimum Gasteiger partial charge on any atom is -0.495 e. The fourth-order valence-electron chi connectivity index (χ4n) is 3.53. The number of rotatable bonds is 5. The number of hydrogen-bond acceptors (Lipinski definition) is 5. The van der Waals surface area contributed by atoms with E-state index in [1.165, 1.54) is 0 Å². The molecule has 0 spiro atoms. The van der Waals surface area contributed by atoms with Gasteiger partial charge in [-0.15, -0.1) is 0 Å². The Labute approximate surface area is 177 Å². The number of fused-ring (bicyclic) bond motifs is 2. The molecule has 154 valence electrons. The second-order valence-corrected chi connectivity index (χ2v) is 6.95. The molecular formula is C24H19N3O4. The highest BCUT2D eigenvalue weighted by Gasteiger charge is 2.17. The molecule has 0 aliphatic rings. The van der Waals surface area contributed by atoms with Crippen molar-refractivity contribution in [2.24, 2.45) is 0 Å². The largest absolute Gasteiger partial charge is 0.495 e. The second-order valence-electron chi connectivity index (χ2n) is 6.95. The number of benzene rings is 2. The van der Waals surface area contributed by atoms with Gasteiger partial charge in [-0.1, -0.05) is 18.2 Å². The summed E-state index contributed by atoms with van der Waals surface area (Å²) in [7, 11) is 3.12. The van der Waals surface area contributed by atoms with Gasteiger partial charge in [-0.05, 0) is 42.5 Å². The Hall–Kier alpha value is -4.26. The molecule has 0 atom stereocenters. The maximum atomic E-state index is 12.9. The fourth-order valence-corrected chi connectivity index (χ4v) is 3.53. The molecule has 7 nitrogen and oxygen atoms in total. The number of nitrogens with zero attached hydrogens (tertiary/aromatic N) is 2. The number of pyridine rings is 1. The minimum absolute atomic E-state index is 0.180. The van der Waals surface area contributed by atoms with E-state index in [1.807, 2.05) is 59.3 Å². The zero-order valence-electron chi connectivity index (χ0n) is 17.0. The van der Waals surface area contributed by atoms with Gasteiger partial charge in [-0.25, -0.2) is 4.98 Å². The molecular weight excluding hydrogens is 394 g/mol. The number of nitrogens with one attached hydrogen (secondary N) is 1. The molecule has 5 aromatic rings. The standard InChI is InChI=1S/C24H19N3O4/c1-29-19-10-9-15(18-14-27-11-4-3-8-22(27)25-18)12-17(19)26-24(28)21-13-16-6-5-7-20(30-2)23(16)31-21/h3-14H,1-2H3,(H,26,28). The topological polar surface area (TPSA) is 78.0 Å². The molecule has 3 aromatic heterocycles. The molecule has 0 bridgehead atoms. The molecule has 0 unspecified atom stereocenters. The van der Waals surface area contributed by atoms with Gasteiger partial charge in [0.05, 0.1) is 25.6 Å². The summed E-state index contributed by atoms with van der Waals surface area (Å²) >= 11 is 0. The number of aromatic nitrogens is 2. The highest BCUT2D eigenvalue weighted by atomic mass is 16.5. The normalized spacial score (nSPS) is 11.0. The summed E-state index contributed by atoms with van der Waals surface area (Å²) in [5.41, 5.74) is 3.54. The molecule has 0 radical (unpaired) electrons. The minimum atomic E-state index is -0.385. The van der Waals surface area contributed by atoms with Crippen LogP contribution in [0.3, 0.4) is 0 Å². The van der Waals surface area contributed by atoms with E-state index in [4.69, 9.17) is 13.9 Å². The Morgan fingerprint density at radius 1 is 1.00 bits per heavy atom. The van der Waals surface area contributed by atoms with Crippen LogP contribution in [0.1, 0.15) is 10.6 Å². The molecule has 2 aromatic carbocycles. The number of para-hydroxylation sites is 1. The van der Waals surface area contributed by atoms with Gasteiger partial charge in [0.2, 0.25) is 0 Å². The molecule has 0 aliphatic heterocycles. The summed E-state index contributed by atoms with van der Waals surface area (Å²) in [5.74, 6) is 0.904. The van der Waals surface area contributed by atoms with Crippen molar-refractivity contribution in [1.82, 2.24) is 9.38 Å². The van der Waals surface area contributed by atoms with E-state index in [0.717, 1.165) is 22.3 Å². The van der Waals surface area contributed by atoms with E-state index < -0.39 is 0 Å². The second kappa shape index (κ2) is 7.53. The van der Waals surface area contributed by atoms with E-state index in [-0.39, 0.29) is 11.7 Å². The summed E-state index contributed by atoms with van der Waals surface area (Å²) < 4.78 is 18.4. The van der Waals surface area contributed by atoms with E-state index in [1.54, 1.807) is 32.4 Å². The first-order chi connectivity index (χ1) is 15.2. The lowest BCUT2D eigenvalue weighted by Crippen LogP contribution is -2.11. The third kappa shape index (κ3) is 3.36. The van der Waals surface area contributed by atoms with Gasteiger partial charge >= 0.3 is 0 Å². The number of hydrogen-bond donors (Lipinski definition) is 1. The van der Waals surface area contributed by atoms with Crippen molar-refractivity contribution in [3.05, 3.63) is 78.8 Å². The van der Waals surface area contributed by atoms with Gasteiger partial charge in [0.15, 0.2) is 17.1 Å². The third-order valence-electron chi connectivity index (χ3n) is 5.06. The number of ether oxygens (including phenoxy) is 2. The molecule has 31 heavy (non-hydrogen) atoms. The molecule has 1 amide bonds. The number of furan rings is 1. The Morgan fingerprint density at radius 3 is 2.68 bits per heavy atom. The summed E-state index contributed by atoms with van der Waals surface area (Å²) in [5, 5.41) is 3.67. The van der Waals surface area contributed by atoms with Gasteiger partial charge in [0, 0.05) is 23.3 Å². The molecule has 1 N–H and O–H groups in total. The monoisotopic (exact) mass is 413 g/mol. The van der Waals surface area contributed by atoms with Crippen LogP contribution < -0.4 is 14.8 Å². The van der Waals surface area contributed by atoms with Gasteiger partial charge in [-0.3, -0.25) is 4.79 Å². The summed E-state index contributed by atoms with van der Waals surface area (Å²) in [6, 6.07) is 18.5. The quantitative estimate of drug-likeness (QED) is 0.438. The number of imidazole rings is 1. The van der Waals surface area contributed by atoms with Crippen LogP contribution in [0.2, 0.25) is 0 Å². The van der Waals surface area contributed by atoms with Crippen molar-refractivity contribution >= 4 is 28.2 Å². The van der Waals surface area contributed by atoms with Crippen LogP contribution in [0, 0.1) is 0 Å². The van der Waals surface area contributed by atoms with E-state index in [9.17, 15) is 4.79 Å². The van der Waals surface area contributed by atoms with Crippen molar-refractivity contribution in [3.8, 4) is 22.8 Å². The molecule has 0 saturated carbocycles. The fraction of sp³-hybridized carbons (Fsp3) is 0.0833. The lowest BCUT2D eigenvalue weighted by molar-refractivity contribution is 0.0998. The number of anilines is 1. The maximum absolute atomic E-state index is 12.9. The van der Waals surface area contributed by atoms with Crippen molar-refractivity contribution in [3.63, 3.8) is 0 Å². The summed E-state index contributed by atoms with van der Waals surface area (Å²) in [6.45, 7) is 0. The predicted octanol–water partition coefficient (Wildman–Crippen LogP) is 5.02. The molecule has 7 heteroatoms. The molecule has 0 fully saturated rings. The van der Waals surface area contributed by atoms with Gasteiger partial charge in [-0.2, -0.15) is 0 Å². The number of carbonyl (C=O) groups excluding carboxylic acids is 1. The first kappa shape index (κ1) is 18.7. The first-order valence-corrected chi connectivity index (χ1v) is 9.66. The van der Waals surface area contributed by atoms with Crippen LogP contribution in [-0.4, -0.2) is 29.5 Å². The maximum Gasteiger partial charge on any atom is 0.291 e. The van der Waals surface area contributed by atoms with E-state index in [2.05, 4.69) is 10.3 Å². The van der Waals surface area contributed by atoms with Crippen LogP contribution in [0.15, 0.2) is 77.5 Å². The van der Waals surface area contributed by atoms with Crippen molar-refractivity contribution in [2.75, 3.05) is 19.5 Å². The summed E-state index contributed by atoms with van der Waals surface area (Å²) in [6.07, 6.45) is 3.88. The molecule has 0 aliphatic carbocycles. The Morgan fingerprint density at radius 2 is 1.87 bits per heavy atom. The average Bonchev–Trinajstić information content (AvgIpc) is 3.43. The lowest BCUT2D eigenvalue weighted by atomic mass is 10.1. The smallest absolute Gasteiger partial charge is 0.291 e. The van der Waals surface area contributed by atoms with Crippen LogP contribution in [0.5, 0.6) is 11.5 Å². The Bertz CT molecular complexity index is 1380. The van der Waals surface area contributed by atoms with E-state index in [0.29, 0.717) is 22.8 Å². The van der Waals surface area contributed by atoms with Crippen molar-refractivity contribution < 1.29 is 18.7 Å². The van der Waals surface area contributed by atoms with E-state index >= 15 is 0 Å². The Kier molecular flexibility index (Phi) is 4.55. The zero-order valence-corrected chi connectivity index (χ0v) is 17.0. The summed E-state index contributed by atoms with van der Waals surface area (Å²) in [4.78, 5) is 17.6. The van der Waals surface area contributed by atoms with Crippen LogP contribution in [0.4, 0.5) is 5.69 Å². The predicted molar refractivity (Wildman–Crippen MR) is 118 cm³/mol. The van der Waals surface area contributed by atoms with Crippen LogP contribution in [0.25, 0.3) is 27.9 Å². The van der Waals surface area contributed by atoms with Gasteiger partial charge in [0.25, 0.3) is 5.91 Å². The van der Waals surface area contributed by atoms with Gasteiger partial charge in [0.1, 0.15) is 11.4 Å². The van der Waals surface area contributed by atoms with Crippen LogP contribution in [-0.2, 0) is 0 Å². The van der Waals surface area contributed by atoms with Crippen molar-refractivity contribution in [2.45, 2.75) is 0 Å². The average molecular weight is 413 g/mol. The Balaban J connectivity index is 1.49. The highest BCUT2D eigenvalue weighted by Crippen LogP contribution is 2.32. The molecule has 5 rings (SSSR count). The number of amides is 1. The molecule has 3 heterocycles. The number of carbonyl (C=O) groups is 1. The highest BCUT2D eigenvalue weighted by molar-refractivity contribution is 6.06. The lowest BCUT2D eigenvalue weighted by Gasteiger charge is -2.10. The SMILES string of the molecule is COc1ccc(-c2cn3ccccc3n2)cc1NC(=O)c1cc2cccc(OC)c2o1.